The van der Waals surface area contributed by atoms with Crippen LogP contribution in [0.3, 0.4) is 0 Å². The largest absolute Gasteiger partial charge is 0.354 e. The molecule has 0 aromatic heterocycles. The van der Waals surface area contributed by atoms with E-state index in [9.17, 15) is 9.18 Å². The predicted molar refractivity (Wildman–Crippen MR) is 99.6 cm³/mol. The maximum Gasteiger partial charge on any atom is 0.228 e. The summed E-state index contributed by atoms with van der Waals surface area (Å²) in [7, 11) is 0. The zero-order valence-electron chi connectivity index (χ0n) is 13.9. The first-order valence-electron chi connectivity index (χ1n) is 8.04. The molecular weight excluding hydrogens is 329 g/mol. The highest BCUT2D eigenvalue weighted by atomic mass is 19.1. The lowest BCUT2D eigenvalue weighted by Gasteiger charge is -2.10. The van der Waals surface area contributed by atoms with Gasteiger partial charge in [0.25, 0.3) is 0 Å². The molecule has 0 fully saturated rings. The van der Waals surface area contributed by atoms with Gasteiger partial charge in [-0.25, -0.2) is 4.39 Å². The van der Waals surface area contributed by atoms with Gasteiger partial charge in [0, 0.05) is 11.4 Å². The fraction of sp³-hybridized carbons (Fsp3) is 0.0476. The standard InChI is InChI=1S/C21H16FN3O/c22-17-6-3-4-15(12-17)13-21(26)25-19-10-8-18(9-11-19)24-20-7-2-1-5-16(20)14-23/h1-12,24H,13H2,(H,25,26). The molecule has 128 valence electrons. The smallest absolute Gasteiger partial charge is 0.228 e. The maximum absolute atomic E-state index is 13.2. The van der Waals surface area contributed by atoms with E-state index in [1.807, 2.05) is 24.3 Å². The number of benzene rings is 3. The molecule has 0 spiro atoms. The van der Waals surface area contributed by atoms with E-state index in [2.05, 4.69) is 16.7 Å². The molecule has 26 heavy (non-hydrogen) atoms. The lowest BCUT2D eigenvalue weighted by Crippen LogP contribution is -2.14. The molecule has 0 atom stereocenters. The topological polar surface area (TPSA) is 64.9 Å². The molecule has 1 amide bonds. The molecule has 0 aliphatic heterocycles. The zero-order chi connectivity index (χ0) is 18.4. The Hall–Kier alpha value is -3.65. The number of anilines is 3. The van der Waals surface area contributed by atoms with E-state index in [-0.39, 0.29) is 18.1 Å². The Labute approximate surface area is 150 Å². The van der Waals surface area contributed by atoms with Crippen molar-refractivity contribution in [2.75, 3.05) is 10.6 Å². The Bertz CT molecular complexity index is 961. The zero-order valence-corrected chi connectivity index (χ0v) is 13.9. The van der Waals surface area contributed by atoms with Crippen molar-refractivity contribution in [2.45, 2.75) is 6.42 Å². The Kier molecular flexibility index (Phi) is 5.25. The first-order valence-corrected chi connectivity index (χ1v) is 8.04. The SMILES string of the molecule is N#Cc1ccccc1Nc1ccc(NC(=O)Cc2cccc(F)c2)cc1. The van der Waals surface area contributed by atoms with Crippen LogP contribution in [0.1, 0.15) is 11.1 Å². The van der Waals surface area contributed by atoms with Gasteiger partial charge in [-0.15, -0.1) is 0 Å². The number of nitrogens with one attached hydrogen (secondary N) is 2. The van der Waals surface area contributed by atoms with E-state index < -0.39 is 0 Å². The van der Waals surface area contributed by atoms with Crippen LogP contribution in [0.2, 0.25) is 0 Å². The molecule has 3 rings (SSSR count). The summed E-state index contributed by atoms with van der Waals surface area (Å²) < 4.78 is 13.2. The highest BCUT2D eigenvalue weighted by molar-refractivity contribution is 5.92. The Morgan fingerprint density at radius 1 is 0.962 bits per heavy atom. The van der Waals surface area contributed by atoms with Crippen molar-refractivity contribution in [3.05, 3.63) is 89.7 Å². The maximum atomic E-state index is 13.2. The first-order chi connectivity index (χ1) is 12.6. The van der Waals surface area contributed by atoms with E-state index in [0.717, 1.165) is 11.4 Å². The van der Waals surface area contributed by atoms with Gasteiger partial charge in [0.15, 0.2) is 0 Å². The van der Waals surface area contributed by atoms with Gasteiger partial charge in [0.2, 0.25) is 5.91 Å². The molecule has 5 heteroatoms. The molecule has 0 unspecified atom stereocenters. The van der Waals surface area contributed by atoms with Crippen LogP contribution < -0.4 is 10.6 Å². The second kappa shape index (κ2) is 7.95. The van der Waals surface area contributed by atoms with Crippen LogP contribution in [0.15, 0.2) is 72.8 Å². The summed E-state index contributed by atoms with van der Waals surface area (Å²) in [5.74, 6) is -0.575. The molecule has 0 radical (unpaired) electrons. The Balaban J connectivity index is 1.62. The summed E-state index contributed by atoms with van der Waals surface area (Å²) in [5.41, 5.74) is 3.34. The summed E-state index contributed by atoms with van der Waals surface area (Å²) in [6.07, 6.45) is 0.104. The van der Waals surface area contributed by atoms with Crippen LogP contribution in [-0.2, 0) is 11.2 Å². The summed E-state index contributed by atoms with van der Waals surface area (Å²) in [5, 5.41) is 15.1. The van der Waals surface area contributed by atoms with Gasteiger partial charge in [0.1, 0.15) is 11.9 Å². The lowest BCUT2D eigenvalue weighted by molar-refractivity contribution is -0.115. The predicted octanol–water partition coefficient (Wildman–Crippen LogP) is 4.62. The molecule has 0 bridgehead atoms. The summed E-state index contributed by atoms with van der Waals surface area (Å²) in [6, 6.07) is 22.5. The van der Waals surface area contributed by atoms with Crippen molar-refractivity contribution in [1.29, 1.82) is 5.26 Å². The van der Waals surface area contributed by atoms with Gasteiger partial charge in [-0.3, -0.25) is 4.79 Å². The summed E-state index contributed by atoms with van der Waals surface area (Å²) >= 11 is 0. The van der Waals surface area contributed by atoms with Crippen molar-refractivity contribution in [1.82, 2.24) is 0 Å². The van der Waals surface area contributed by atoms with Crippen LogP contribution in [-0.4, -0.2) is 5.91 Å². The van der Waals surface area contributed by atoms with Gasteiger partial charge >= 0.3 is 0 Å². The normalized spacial score (nSPS) is 10.0. The number of halogens is 1. The molecule has 0 heterocycles. The fourth-order valence-electron chi connectivity index (χ4n) is 2.52. The average molecular weight is 345 g/mol. The number of rotatable bonds is 5. The molecule has 0 saturated carbocycles. The van der Waals surface area contributed by atoms with E-state index in [4.69, 9.17) is 5.26 Å². The van der Waals surface area contributed by atoms with Crippen molar-refractivity contribution in [3.63, 3.8) is 0 Å². The molecule has 3 aromatic rings. The van der Waals surface area contributed by atoms with E-state index in [1.165, 1.54) is 12.1 Å². The summed E-state index contributed by atoms with van der Waals surface area (Å²) in [4.78, 5) is 12.1. The second-order valence-electron chi connectivity index (χ2n) is 5.71. The quantitative estimate of drug-likeness (QED) is 0.709. The molecular formula is C21H16FN3O. The third-order valence-corrected chi connectivity index (χ3v) is 3.75. The molecule has 3 aromatic carbocycles. The summed E-state index contributed by atoms with van der Waals surface area (Å²) in [6.45, 7) is 0. The lowest BCUT2D eigenvalue weighted by atomic mass is 10.1. The minimum atomic E-state index is -0.358. The van der Waals surface area contributed by atoms with Gasteiger partial charge in [-0.2, -0.15) is 5.26 Å². The van der Waals surface area contributed by atoms with E-state index in [1.54, 1.807) is 36.4 Å². The number of hydrogen-bond acceptors (Lipinski definition) is 3. The molecule has 0 saturated heterocycles. The van der Waals surface area contributed by atoms with Crippen LogP contribution in [0.25, 0.3) is 0 Å². The van der Waals surface area contributed by atoms with Gasteiger partial charge in [-0.05, 0) is 54.1 Å². The van der Waals surface area contributed by atoms with Gasteiger partial charge in [-0.1, -0.05) is 24.3 Å². The second-order valence-corrected chi connectivity index (χ2v) is 5.71. The Morgan fingerprint density at radius 3 is 2.42 bits per heavy atom. The third kappa shape index (κ3) is 4.46. The number of amides is 1. The average Bonchev–Trinajstić information content (AvgIpc) is 2.64. The van der Waals surface area contributed by atoms with Gasteiger partial charge in [0.05, 0.1) is 17.7 Å². The van der Waals surface area contributed by atoms with Crippen LogP contribution >= 0.6 is 0 Å². The van der Waals surface area contributed by atoms with Crippen molar-refractivity contribution >= 4 is 23.0 Å². The van der Waals surface area contributed by atoms with Crippen molar-refractivity contribution < 1.29 is 9.18 Å². The van der Waals surface area contributed by atoms with E-state index in [0.29, 0.717) is 16.8 Å². The highest BCUT2D eigenvalue weighted by Crippen LogP contribution is 2.21. The number of carbonyl (C=O) groups excluding carboxylic acids is 1. The molecule has 0 aliphatic rings. The highest BCUT2D eigenvalue weighted by Gasteiger charge is 2.06. The first kappa shape index (κ1) is 17.2. The van der Waals surface area contributed by atoms with Gasteiger partial charge < -0.3 is 10.6 Å². The molecule has 4 nitrogen and oxygen atoms in total. The minimum Gasteiger partial charge on any atom is -0.354 e. The number of nitriles is 1. The fourth-order valence-corrected chi connectivity index (χ4v) is 2.52. The monoisotopic (exact) mass is 345 g/mol. The van der Waals surface area contributed by atoms with Crippen molar-refractivity contribution in [2.24, 2.45) is 0 Å². The van der Waals surface area contributed by atoms with Crippen LogP contribution in [0.4, 0.5) is 21.5 Å². The minimum absolute atomic E-state index is 0.104. The van der Waals surface area contributed by atoms with Crippen molar-refractivity contribution in [3.8, 4) is 6.07 Å². The molecule has 2 N–H and O–H groups in total. The van der Waals surface area contributed by atoms with E-state index >= 15 is 0 Å². The molecule has 0 aliphatic carbocycles. The third-order valence-electron chi connectivity index (χ3n) is 3.75. The van der Waals surface area contributed by atoms with Crippen LogP contribution in [0, 0.1) is 17.1 Å². The number of hydrogen-bond donors (Lipinski definition) is 2. The Morgan fingerprint density at radius 2 is 1.69 bits per heavy atom. The number of para-hydroxylation sites is 1. The number of nitrogens with zero attached hydrogens (tertiary/aromatic N) is 1. The number of carbonyl (C=O) groups is 1. The van der Waals surface area contributed by atoms with Crippen LogP contribution in [0.5, 0.6) is 0 Å².